The molecule has 28 heavy (non-hydrogen) atoms. The Morgan fingerprint density at radius 2 is 1.93 bits per heavy atom. The third kappa shape index (κ3) is 4.02. The predicted octanol–water partition coefficient (Wildman–Crippen LogP) is 2.96. The largest absolute Gasteiger partial charge is 0.417 e. The van der Waals surface area contributed by atoms with E-state index in [0.29, 0.717) is 11.1 Å². The van der Waals surface area contributed by atoms with E-state index in [-0.39, 0.29) is 18.4 Å². The molecule has 146 valence electrons. The van der Waals surface area contributed by atoms with Crippen LogP contribution in [0, 0.1) is 0 Å². The first-order valence-electron chi connectivity index (χ1n) is 9.75. The minimum Gasteiger partial charge on any atom is -0.408 e. The number of fused-ring (bicyclic) bond motifs is 1. The van der Waals surface area contributed by atoms with Gasteiger partial charge in [-0.1, -0.05) is 36.4 Å². The van der Waals surface area contributed by atoms with Gasteiger partial charge >= 0.3 is 5.76 Å². The molecule has 1 aliphatic rings. The molecule has 1 saturated heterocycles. The van der Waals surface area contributed by atoms with E-state index in [1.165, 1.54) is 12.8 Å². The molecule has 2 heterocycles. The van der Waals surface area contributed by atoms with Crippen LogP contribution in [0.3, 0.4) is 0 Å². The SMILES string of the molecule is CN(C(=O)Cc1ccc2oc(=O)[nH]c2c1)[C@H](CN1CCCC1)c1ccccc1. The van der Waals surface area contributed by atoms with Crippen LogP contribution in [0.15, 0.2) is 57.7 Å². The number of aromatic nitrogens is 1. The van der Waals surface area contributed by atoms with Crippen LogP contribution < -0.4 is 5.76 Å². The number of nitrogens with one attached hydrogen (secondary N) is 1. The smallest absolute Gasteiger partial charge is 0.408 e. The summed E-state index contributed by atoms with van der Waals surface area (Å²) in [6.07, 6.45) is 2.73. The van der Waals surface area contributed by atoms with Gasteiger partial charge in [-0.3, -0.25) is 9.78 Å². The van der Waals surface area contributed by atoms with Gasteiger partial charge in [0, 0.05) is 13.6 Å². The van der Waals surface area contributed by atoms with Crippen molar-refractivity contribution in [3.8, 4) is 0 Å². The molecule has 0 radical (unpaired) electrons. The highest BCUT2D eigenvalue weighted by Crippen LogP contribution is 2.24. The lowest BCUT2D eigenvalue weighted by Crippen LogP contribution is -2.39. The van der Waals surface area contributed by atoms with Crippen LogP contribution in [0.1, 0.15) is 30.0 Å². The zero-order chi connectivity index (χ0) is 19.5. The number of hydrogen-bond donors (Lipinski definition) is 1. The molecular formula is C22H25N3O3. The fraction of sp³-hybridized carbons (Fsp3) is 0.364. The van der Waals surface area contributed by atoms with E-state index in [4.69, 9.17) is 4.42 Å². The Bertz CT molecular complexity index is 1000. The van der Waals surface area contributed by atoms with Crippen molar-refractivity contribution in [2.75, 3.05) is 26.7 Å². The summed E-state index contributed by atoms with van der Waals surface area (Å²) in [6, 6.07) is 15.6. The third-order valence-electron chi connectivity index (χ3n) is 5.51. The maximum absolute atomic E-state index is 13.1. The van der Waals surface area contributed by atoms with Crippen molar-refractivity contribution < 1.29 is 9.21 Å². The molecule has 6 heteroatoms. The number of rotatable bonds is 6. The molecule has 0 unspecified atom stereocenters. The number of carbonyl (C=O) groups is 1. The van der Waals surface area contributed by atoms with E-state index in [0.717, 1.165) is 30.8 Å². The minimum atomic E-state index is -0.481. The maximum atomic E-state index is 13.1. The molecule has 0 saturated carbocycles. The second-order valence-electron chi connectivity index (χ2n) is 7.46. The first kappa shape index (κ1) is 18.5. The van der Waals surface area contributed by atoms with Crippen LogP contribution in [0.25, 0.3) is 11.1 Å². The number of hydrogen-bond acceptors (Lipinski definition) is 4. The van der Waals surface area contributed by atoms with Crippen molar-refractivity contribution >= 4 is 17.0 Å². The number of amides is 1. The topological polar surface area (TPSA) is 69.5 Å². The van der Waals surface area contributed by atoms with Gasteiger partial charge in [-0.2, -0.15) is 0 Å². The van der Waals surface area contributed by atoms with Gasteiger partial charge in [-0.15, -0.1) is 0 Å². The highest BCUT2D eigenvalue weighted by molar-refractivity contribution is 5.81. The second kappa shape index (κ2) is 8.02. The molecule has 0 aliphatic carbocycles. The summed E-state index contributed by atoms with van der Waals surface area (Å²) in [5.74, 6) is -0.427. The quantitative estimate of drug-likeness (QED) is 0.715. The highest BCUT2D eigenvalue weighted by atomic mass is 16.4. The van der Waals surface area contributed by atoms with Gasteiger partial charge in [0.15, 0.2) is 5.58 Å². The van der Waals surface area contributed by atoms with Crippen LogP contribution in [-0.4, -0.2) is 47.4 Å². The predicted molar refractivity (Wildman–Crippen MR) is 108 cm³/mol. The van der Waals surface area contributed by atoms with E-state index in [1.807, 2.05) is 42.3 Å². The average molecular weight is 379 g/mol. The summed E-state index contributed by atoms with van der Waals surface area (Å²) in [4.78, 5) is 31.3. The Hall–Kier alpha value is -2.86. The van der Waals surface area contributed by atoms with E-state index >= 15 is 0 Å². The summed E-state index contributed by atoms with van der Waals surface area (Å²) >= 11 is 0. The van der Waals surface area contributed by atoms with Crippen LogP contribution >= 0.6 is 0 Å². The van der Waals surface area contributed by atoms with Gasteiger partial charge in [-0.05, 0) is 49.2 Å². The Morgan fingerprint density at radius 1 is 1.18 bits per heavy atom. The number of aromatic amines is 1. The number of benzene rings is 2. The van der Waals surface area contributed by atoms with Gasteiger partial charge in [-0.25, -0.2) is 4.79 Å². The van der Waals surface area contributed by atoms with Gasteiger partial charge in [0.1, 0.15) is 0 Å². The lowest BCUT2D eigenvalue weighted by atomic mass is 10.0. The van der Waals surface area contributed by atoms with Crippen molar-refractivity contribution in [2.45, 2.75) is 25.3 Å². The molecule has 0 bridgehead atoms. The summed E-state index contributed by atoms with van der Waals surface area (Å²) < 4.78 is 5.03. The number of nitrogens with zero attached hydrogens (tertiary/aromatic N) is 2. The van der Waals surface area contributed by atoms with Crippen molar-refractivity contribution in [1.29, 1.82) is 0 Å². The number of H-pyrrole nitrogens is 1. The molecule has 1 aromatic heterocycles. The maximum Gasteiger partial charge on any atom is 0.417 e. The monoisotopic (exact) mass is 379 g/mol. The average Bonchev–Trinajstić information content (AvgIpc) is 3.34. The normalized spacial score (nSPS) is 15.8. The molecule has 4 rings (SSSR count). The molecular weight excluding hydrogens is 354 g/mol. The number of likely N-dealkylation sites (tertiary alicyclic amines) is 1. The van der Waals surface area contributed by atoms with E-state index in [2.05, 4.69) is 22.0 Å². The first-order chi connectivity index (χ1) is 13.6. The molecule has 1 fully saturated rings. The highest BCUT2D eigenvalue weighted by Gasteiger charge is 2.25. The van der Waals surface area contributed by atoms with Crippen molar-refractivity contribution in [3.63, 3.8) is 0 Å². The van der Waals surface area contributed by atoms with Crippen LogP contribution in [0.2, 0.25) is 0 Å². The fourth-order valence-electron chi connectivity index (χ4n) is 3.92. The van der Waals surface area contributed by atoms with Crippen LogP contribution in [0.4, 0.5) is 0 Å². The Balaban J connectivity index is 1.53. The van der Waals surface area contributed by atoms with E-state index < -0.39 is 5.76 Å². The van der Waals surface area contributed by atoms with Gasteiger partial charge in [0.05, 0.1) is 18.0 Å². The Kier molecular flexibility index (Phi) is 5.30. The third-order valence-corrected chi connectivity index (χ3v) is 5.51. The molecule has 2 aromatic carbocycles. The molecule has 6 nitrogen and oxygen atoms in total. The van der Waals surface area contributed by atoms with Gasteiger partial charge in [0.25, 0.3) is 0 Å². The van der Waals surface area contributed by atoms with Crippen LogP contribution in [0.5, 0.6) is 0 Å². The number of carbonyl (C=O) groups excluding carboxylic acids is 1. The van der Waals surface area contributed by atoms with Crippen LogP contribution in [-0.2, 0) is 11.2 Å². The molecule has 1 aliphatic heterocycles. The molecule has 1 amide bonds. The minimum absolute atomic E-state index is 0.0178. The molecule has 1 N–H and O–H groups in total. The lowest BCUT2D eigenvalue weighted by molar-refractivity contribution is -0.131. The lowest BCUT2D eigenvalue weighted by Gasteiger charge is -2.32. The summed E-state index contributed by atoms with van der Waals surface area (Å²) in [7, 11) is 1.88. The Labute approximate surface area is 163 Å². The Morgan fingerprint density at radius 3 is 2.68 bits per heavy atom. The van der Waals surface area contributed by atoms with Gasteiger partial charge in [0.2, 0.25) is 5.91 Å². The van der Waals surface area contributed by atoms with Crippen molar-refractivity contribution in [3.05, 3.63) is 70.2 Å². The van der Waals surface area contributed by atoms with Crippen molar-refractivity contribution in [2.24, 2.45) is 0 Å². The summed E-state index contributed by atoms with van der Waals surface area (Å²) in [5, 5.41) is 0. The molecule has 3 aromatic rings. The van der Waals surface area contributed by atoms with Crippen molar-refractivity contribution in [1.82, 2.24) is 14.8 Å². The number of likely N-dealkylation sites (N-methyl/N-ethyl adjacent to an activating group) is 1. The second-order valence-corrected chi connectivity index (χ2v) is 7.46. The van der Waals surface area contributed by atoms with E-state index in [1.54, 1.807) is 6.07 Å². The summed E-state index contributed by atoms with van der Waals surface area (Å²) in [5.41, 5.74) is 3.13. The first-order valence-corrected chi connectivity index (χ1v) is 9.75. The number of oxazole rings is 1. The zero-order valence-electron chi connectivity index (χ0n) is 16.1. The van der Waals surface area contributed by atoms with E-state index in [9.17, 15) is 9.59 Å². The fourth-order valence-corrected chi connectivity index (χ4v) is 3.92. The molecule has 1 atom stereocenters. The standard InChI is InChI=1S/C22H25N3O3/c1-24(19(15-25-11-5-6-12-25)17-7-3-2-4-8-17)21(26)14-16-9-10-20-18(13-16)23-22(27)28-20/h2-4,7-10,13,19H,5-6,11-12,14-15H2,1H3,(H,23,27)/t19-/m1/s1. The van der Waals surface area contributed by atoms with Gasteiger partial charge < -0.3 is 14.2 Å². The summed E-state index contributed by atoms with van der Waals surface area (Å²) in [6.45, 7) is 3.03. The zero-order valence-corrected chi connectivity index (χ0v) is 16.1. The molecule has 0 spiro atoms.